The fraction of sp³-hybridized carbons (Fsp3) is 0.238. The fourth-order valence-electron chi connectivity index (χ4n) is 2.99. The highest BCUT2D eigenvalue weighted by Gasteiger charge is 2.26. The van der Waals surface area contributed by atoms with Gasteiger partial charge in [-0.15, -0.1) is 0 Å². The summed E-state index contributed by atoms with van der Waals surface area (Å²) in [5.41, 5.74) is 0.581. The van der Waals surface area contributed by atoms with Crippen molar-refractivity contribution in [3.8, 4) is 0 Å². The number of carboxylic acids is 1. The second-order valence-electron chi connectivity index (χ2n) is 6.88. The molecule has 0 aliphatic heterocycles. The van der Waals surface area contributed by atoms with Gasteiger partial charge in [0.15, 0.2) is 5.69 Å². The number of amides is 1. The molecule has 2 N–H and O–H groups in total. The molecule has 0 spiro atoms. The first-order valence-electron chi connectivity index (χ1n) is 8.96. The molecule has 144 valence electrons. The van der Waals surface area contributed by atoms with Crippen molar-refractivity contribution in [1.82, 2.24) is 15.1 Å². The Morgan fingerprint density at radius 2 is 1.64 bits per heavy atom. The van der Waals surface area contributed by atoms with Crippen LogP contribution in [0.3, 0.4) is 0 Å². The Morgan fingerprint density at radius 3 is 2.25 bits per heavy atom. The summed E-state index contributed by atoms with van der Waals surface area (Å²) in [6.45, 7) is 3.62. The summed E-state index contributed by atoms with van der Waals surface area (Å²) in [5.74, 6) is -2.05. The van der Waals surface area contributed by atoms with Gasteiger partial charge in [0, 0.05) is 5.39 Å². The lowest BCUT2D eigenvalue weighted by Crippen LogP contribution is -2.45. The maximum Gasteiger partial charge on any atom is 0.326 e. The summed E-state index contributed by atoms with van der Waals surface area (Å²) < 4.78 is 1.23. The van der Waals surface area contributed by atoms with E-state index in [1.54, 1.807) is 38.1 Å². The molecule has 1 heterocycles. The van der Waals surface area contributed by atoms with Gasteiger partial charge in [0.2, 0.25) is 0 Å². The van der Waals surface area contributed by atoms with Crippen molar-refractivity contribution in [1.29, 1.82) is 0 Å². The van der Waals surface area contributed by atoms with E-state index in [0.717, 1.165) is 5.56 Å². The number of nitrogens with one attached hydrogen (secondary N) is 1. The van der Waals surface area contributed by atoms with Gasteiger partial charge < -0.3 is 10.4 Å². The normalized spacial score (nSPS) is 12.1. The molecule has 1 amide bonds. The highest BCUT2D eigenvalue weighted by Crippen LogP contribution is 2.15. The molecule has 0 bridgehead atoms. The van der Waals surface area contributed by atoms with Crippen LogP contribution in [0.5, 0.6) is 0 Å². The van der Waals surface area contributed by atoms with E-state index in [1.165, 1.54) is 4.68 Å². The van der Waals surface area contributed by atoms with Crippen molar-refractivity contribution in [3.05, 3.63) is 76.2 Å². The number of aromatic nitrogens is 2. The predicted octanol–water partition coefficient (Wildman–Crippen LogP) is 2.28. The second-order valence-corrected chi connectivity index (χ2v) is 6.88. The molecule has 0 aliphatic carbocycles. The number of fused-ring (bicyclic) bond motifs is 1. The fourth-order valence-corrected chi connectivity index (χ4v) is 2.99. The van der Waals surface area contributed by atoms with E-state index in [0.29, 0.717) is 10.8 Å². The molecule has 28 heavy (non-hydrogen) atoms. The van der Waals surface area contributed by atoms with Crippen molar-refractivity contribution < 1.29 is 14.7 Å². The molecule has 3 aromatic rings. The molecule has 3 rings (SSSR count). The number of carbonyl (C=O) groups excluding carboxylic acids is 1. The summed E-state index contributed by atoms with van der Waals surface area (Å²) >= 11 is 0. The van der Waals surface area contributed by atoms with Crippen LogP contribution in [0.2, 0.25) is 0 Å². The number of benzene rings is 2. The van der Waals surface area contributed by atoms with Crippen molar-refractivity contribution in [3.63, 3.8) is 0 Å². The minimum atomic E-state index is -1.12. The van der Waals surface area contributed by atoms with E-state index in [4.69, 9.17) is 0 Å². The van der Waals surface area contributed by atoms with Gasteiger partial charge in [-0.25, -0.2) is 9.48 Å². The van der Waals surface area contributed by atoms with Gasteiger partial charge in [-0.1, -0.05) is 62.4 Å². The van der Waals surface area contributed by atoms with Gasteiger partial charge in [0.1, 0.15) is 6.04 Å². The Bertz CT molecular complexity index is 1070. The zero-order chi connectivity index (χ0) is 20.3. The number of carbonyl (C=O) groups is 2. The van der Waals surface area contributed by atoms with Crippen LogP contribution in [0.1, 0.15) is 29.9 Å². The summed E-state index contributed by atoms with van der Waals surface area (Å²) in [6, 6.07) is 14.9. The zero-order valence-corrected chi connectivity index (χ0v) is 15.6. The maximum atomic E-state index is 12.8. The van der Waals surface area contributed by atoms with Gasteiger partial charge in [0.05, 0.1) is 11.9 Å². The Labute approximate surface area is 161 Å². The highest BCUT2D eigenvalue weighted by atomic mass is 16.4. The third-order valence-corrected chi connectivity index (χ3v) is 4.48. The molecular weight excluding hydrogens is 358 g/mol. The van der Waals surface area contributed by atoms with E-state index in [2.05, 4.69) is 10.4 Å². The largest absolute Gasteiger partial charge is 0.480 e. The number of rotatable bonds is 6. The lowest BCUT2D eigenvalue weighted by Gasteiger charge is -2.18. The molecule has 0 saturated heterocycles. The molecule has 1 atom stereocenters. The monoisotopic (exact) mass is 379 g/mol. The van der Waals surface area contributed by atoms with Crippen LogP contribution >= 0.6 is 0 Å². The van der Waals surface area contributed by atoms with Crippen LogP contribution in [0, 0.1) is 5.92 Å². The molecule has 0 radical (unpaired) electrons. The third kappa shape index (κ3) is 3.93. The molecule has 0 aliphatic rings. The Hall–Kier alpha value is -3.48. The van der Waals surface area contributed by atoms with Crippen LogP contribution in [0.25, 0.3) is 10.8 Å². The van der Waals surface area contributed by atoms with Crippen LogP contribution in [0.4, 0.5) is 0 Å². The predicted molar refractivity (Wildman–Crippen MR) is 105 cm³/mol. The van der Waals surface area contributed by atoms with Crippen LogP contribution in [0.15, 0.2) is 59.4 Å². The lowest BCUT2D eigenvalue weighted by atomic mass is 10.0. The van der Waals surface area contributed by atoms with Crippen LogP contribution in [-0.2, 0) is 11.3 Å². The Balaban J connectivity index is 2.08. The van der Waals surface area contributed by atoms with E-state index < -0.39 is 17.9 Å². The average molecular weight is 379 g/mol. The summed E-state index contributed by atoms with van der Waals surface area (Å²) in [4.78, 5) is 37.1. The van der Waals surface area contributed by atoms with Gasteiger partial charge in [-0.2, -0.15) is 5.10 Å². The molecule has 0 saturated carbocycles. The first-order valence-corrected chi connectivity index (χ1v) is 8.96. The zero-order valence-electron chi connectivity index (χ0n) is 15.6. The molecule has 2 aromatic carbocycles. The van der Waals surface area contributed by atoms with E-state index in [1.807, 2.05) is 30.3 Å². The minimum absolute atomic E-state index is 0.0260. The molecular formula is C21H21N3O4. The summed E-state index contributed by atoms with van der Waals surface area (Å²) in [5, 5.41) is 16.9. The number of nitrogens with zero attached hydrogens (tertiary/aromatic N) is 2. The van der Waals surface area contributed by atoms with Crippen molar-refractivity contribution in [2.24, 2.45) is 5.92 Å². The molecule has 7 heteroatoms. The van der Waals surface area contributed by atoms with Gasteiger partial charge in [-0.3, -0.25) is 9.59 Å². The van der Waals surface area contributed by atoms with Crippen molar-refractivity contribution in [2.75, 3.05) is 0 Å². The average Bonchev–Trinajstić information content (AvgIpc) is 2.68. The first-order chi connectivity index (χ1) is 13.4. The van der Waals surface area contributed by atoms with E-state index in [-0.39, 0.29) is 23.7 Å². The Morgan fingerprint density at radius 1 is 1.04 bits per heavy atom. The molecule has 0 unspecified atom stereocenters. The van der Waals surface area contributed by atoms with Gasteiger partial charge in [-0.05, 0) is 17.5 Å². The quantitative estimate of drug-likeness (QED) is 0.684. The number of carboxylic acid groups (broad SMARTS) is 1. The summed E-state index contributed by atoms with van der Waals surface area (Å²) in [6.07, 6.45) is 0. The first kappa shape index (κ1) is 19.3. The van der Waals surface area contributed by atoms with Crippen molar-refractivity contribution >= 4 is 22.6 Å². The van der Waals surface area contributed by atoms with Crippen LogP contribution < -0.4 is 10.9 Å². The van der Waals surface area contributed by atoms with E-state index in [9.17, 15) is 19.5 Å². The lowest BCUT2D eigenvalue weighted by molar-refractivity contribution is -0.140. The molecule has 1 aromatic heterocycles. The van der Waals surface area contributed by atoms with E-state index >= 15 is 0 Å². The summed E-state index contributed by atoms with van der Waals surface area (Å²) in [7, 11) is 0. The highest BCUT2D eigenvalue weighted by molar-refractivity contribution is 6.05. The topological polar surface area (TPSA) is 101 Å². The van der Waals surface area contributed by atoms with Gasteiger partial charge in [0.25, 0.3) is 11.5 Å². The third-order valence-electron chi connectivity index (χ3n) is 4.48. The minimum Gasteiger partial charge on any atom is -0.480 e. The number of hydrogen-bond donors (Lipinski definition) is 2. The van der Waals surface area contributed by atoms with Crippen molar-refractivity contribution in [2.45, 2.75) is 26.4 Å². The molecule has 7 nitrogen and oxygen atoms in total. The molecule has 0 fully saturated rings. The second kappa shape index (κ2) is 8.04. The smallest absolute Gasteiger partial charge is 0.326 e. The Kier molecular flexibility index (Phi) is 5.54. The van der Waals surface area contributed by atoms with Gasteiger partial charge >= 0.3 is 5.97 Å². The number of hydrogen-bond acceptors (Lipinski definition) is 4. The maximum absolute atomic E-state index is 12.8. The SMILES string of the molecule is CC(C)[C@@H](NC(=O)c1nn(Cc2ccccc2)c(=O)c2ccccc12)C(=O)O. The standard InChI is InChI=1S/C21H21N3O4/c1-13(2)17(21(27)28)22-19(25)18-15-10-6-7-11-16(15)20(26)24(23-18)12-14-8-4-3-5-9-14/h3-11,13,17H,12H2,1-2H3,(H,22,25)(H,27,28)/t17-/m1/s1. The number of aliphatic carboxylic acids is 1. The van der Waals surface area contributed by atoms with Crippen LogP contribution in [-0.4, -0.2) is 32.8 Å².